The summed E-state index contributed by atoms with van der Waals surface area (Å²) in [6.07, 6.45) is 0.985. The van der Waals surface area contributed by atoms with Crippen LogP contribution >= 0.6 is 0 Å². The number of anilines is 1. The summed E-state index contributed by atoms with van der Waals surface area (Å²) in [6.45, 7) is 5.19. The van der Waals surface area contributed by atoms with Gasteiger partial charge in [0.25, 0.3) is 0 Å². The van der Waals surface area contributed by atoms with Gasteiger partial charge in [0.05, 0.1) is 13.2 Å². The van der Waals surface area contributed by atoms with E-state index in [-0.39, 0.29) is 0 Å². The van der Waals surface area contributed by atoms with Gasteiger partial charge in [0.15, 0.2) is 5.82 Å². The summed E-state index contributed by atoms with van der Waals surface area (Å²) >= 11 is 0. The van der Waals surface area contributed by atoms with Crippen molar-refractivity contribution in [2.24, 2.45) is 0 Å². The number of nitrogens with zero attached hydrogens (tertiary/aromatic N) is 3. The first-order valence-corrected chi connectivity index (χ1v) is 7.06. The molecule has 0 aliphatic rings. The molecule has 0 aliphatic carbocycles. The molecule has 2 rings (SSSR count). The molecule has 6 heteroatoms. The van der Waals surface area contributed by atoms with Crippen LogP contribution in [0.25, 0.3) is 11.4 Å². The first-order valence-electron chi connectivity index (χ1n) is 7.06. The van der Waals surface area contributed by atoms with Crippen molar-refractivity contribution < 1.29 is 9.47 Å². The van der Waals surface area contributed by atoms with E-state index in [2.05, 4.69) is 27.2 Å². The smallest absolute Gasteiger partial charge is 0.321 e. The molecule has 1 aromatic heterocycles. The standard InChI is InChI=1S/C15H20N4O2/c1-4-10-21-12-8-6-11(7-9-12)13-17-14(16-3)19-15(18-13)20-5-2/h6-9H,4-5,10H2,1-3H3,(H,16,17,18,19). The maximum absolute atomic E-state index is 5.56. The molecule has 112 valence electrons. The van der Waals surface area contributed by atoms with Gasteiger partial charge in [-0.2, -0.15) is 15.0 Å². The molecule has 0 aliphatic heterocycles. The van der Waals surface area contributed by atoms with E-state index >= 15 is 0 Å². The number of hydrogen-bond acceptors (Lipinski definition) is 6. The largest absolute Gasteiger partial charge is 0.494 e. The zero-order valence-electron chi connectivity index (χ0n) is 12.6. The minimum atomic E-state index is 0.318. The van der Waals surface area contributed by atoms with Gasteiger partial charge in [-0.25, -0.2) is 0 Å². The van der Waals surface area contributed by atoms with E-state index < -0.39 is 0 Å². The third-order valence-corrected chi connectivity index (χ3v) is 2.70. The topological polar surface area (TPSA) is 69.2 Å². The molecule has 1 heterocycles. The predicted octanol–water partition coefficient (Wildman–Crippen LogP) is 2.77. The van der Waals surface area contributed by atoms with Gasteiger partial charge >= 0.3 is 6.01 Å². The average molecular weight is 288 g/mol. The van der Waals surface area contributed by atoms with Gasteiger partial charge in [0.2, 0.25) is 5.95 Å². The van der Waals surface area contributed by atoms with Gasteiger partial charge in [0, 0.05) is 12.6 Å². The lowest BCUT2D eigenvalue weighted by Gasteiger charge is -2.08. The summed E-state index contributed by atoms with van der Waals surface area (Å²) in [7, 11) is 1.76. The molecule has 1 N–H and O–H groups in total. The highest BCUT2D eigenvalue weighted by Crippen LogP contribution is 2.21. The monoisotopic (exact) mass is 288 g/mol. The third-order valence-electron chi connectivity index (χ3n) is 2.70. The highest BCUT2D eigenvalue weighted by Gasteiger charge is 2.08. The number of benzene rings is 1. The summed E-state index contributed by atoms with van der Waals surface area (Å²) in [5.74, 6) is 1.89. The SMILES string of the molecule is CCCOc1ccc(-c2nc(NC)nc(OCC)n2)cc1. The fourth-order valence-electron chi connectivity index (χ4n) is 1.71. The van der Waals surface area contributed by atoms with Gasteiger partial charge in [-0.3, -0.25) is 0 Å². The highest BCUT2D eigenvalue weighted by atomic mass is 16.5. The maximum Gasteiger partial charge on any atom is 0.321 e. The average Bonchev–Trinajstić information content (AvgIpc) is 2.53. The number of rotatable bonds is 7. The van der Waals surface area contributed by atoms with Gasteiger partial charge in [-0.1, -0.05) is 6.92 Å². The molecule has 0 bridgehead atoms. The molecule has 6 nitrogen and oxygen atoms in total. The van der Waals surface area contributed by atoms with Crippen LogP contribution in [0.4, 0.5) is 5.95 Å². The van der Waals surface area contributed by atoms with Crippen molar-refractivity contribution in [1.29, 1.82) is 0 Å². The summed E-state index contributed by atoms with van der Waals surface area (Å²) in [5, 5.41) is 2.91. The van der Waals surface area contributed by atoms with E-state index in [1.165, 1.54) is 0 Å². The van der Waals surface area contributed by atoms with E-state index in [0.29, 0.717) is 31.0 Å². The summed E-state index contributed by atoms with van der Waals surface area (Å²) in [5.41, 5.74) is 0.888. The van der Waals surface area contributed by atoms with Crippen molar-refractivity contribution in [3.63, 3.8) is 0 Å². The Bertz CT molecular complexity index is 572. The molecular formula is C15H20N4O2. The number of ether oxygens (including phenoxy) is 2. The molecule has 0 spiro atoms. The van der Waals surface area contributed by atoms with Gasteiger partial charge in [-0.15, -0.1) is 0 Å². The predicted molar refractivity (Wildman–Crippen MR) is 81.8 cm³/mol. The second kappa shape index (κ2) is 7.42. The minimum absolute atomic E-state index is 0.318. The van der Waals surface area contributed by atoms with E-state index in [9.17, 15) is 0 Å². The van der Waals surface area contributed by atoms with Gasteiger partial charge in [0.1, 0.15) is 5.75 Å². The van der Waals surface area contributed by atoms with Gasteiger partial charge in [-0.05, 0) is 37.6 Å². The van der Waals surface area contributed by atoms with Crippen LogP contribution in [-0.2, 0) is 0 Å². The molecular weight excluding hydrogens is 268 g/mol. The van der Waals surface area contributed by atoms with Crippen molar-refractivity contribution in [3.05, 3.63) is 24.3 Å². The third kappa shape index (κ3) is 4.05. The van der Waals surface area contributed by atoms with E-state index in [0.717, 1.165) is 17.7 Å². The van der Waals surface area contributed by atoms with Crippen molar-refractivity contribution in [2.75, 3.05) is 25.6 Å². The molecule has 0 atom stereocenters. The zero-order chi connectivity index (χ0) is 15.1. The lowest BCUT2D eigenvalue weighted by atomic mass is 10.2. The van der Waals surface area contributed by atoms with E-state index in [4.69, 9.17) is 9.47 Å². The Kier molecular flexibility index (Phi) is 5.31. The Hall–Kier alpha value is -2.37. The Morgan fingerprint density at radius 3 is 2.38 bits per heavy atom. The van der Waals surface area contributed by atoms with Crippen LogP contribution in [-0.4, -0.2) is 35.2 Å². The maximum atomic E-state index is 5.56. The summed E-state index contributed by atoms with van der Waals surface area (Å²) < 4.78 is 10.9. The molecule has 1 aromatic carbocycles. The normalized spacial score (nSPS) is 10.2. The molecule has 2 aromatic rings. The summed E-state index contributed by atoms with van der Waals surface area (Å²) in [6, 6.07) is 7.99. The molecule has 0 radical (unpaired) electrons. The van der Waals surface area contributed by atoms with Crippen molar-refractivity contribution in [2.45, 2.75) is 20.3 Å². The molecule has 0 saturated carbocycles. The molecule has 0 unspecified atom stereocenters. The molecule has 21 heavy (non-hydrogen) atoms. The Labute approximate surface area is 124 Å². The number of aromatic nitrogens is 3. The Morgan fingerprint density at radius 2 is 1.76 bits per heavy atom. The quantitative estimate of drug-likeness (QED) is 0.845. The second-order valence-corrected chi connectivity index (χ2v) is 4.32. The lowest BCUT2D eigenvalue weighted by Crippen LogP contribution is -2.05. The highest BCUT2D eigenvalue weighted by molar-refractivity contribution is 5.57. The van der Waals surface area contributed by atoms with Crippen molar-refractivity contribution in [3.8, 4) is 23.1 Å². The number of nitrogens with one attached hydrogen (secondary N) is 1. The van der Waals surface area contributed by atoms with Gasteiger partial charge < -0.3 is 14.8 Å². The summed E-state index contributed by atoms with van der Waals surface area (Å²) in [4.78, 5) is 12.8. The lowest BCUT2D eigenvalue weighted by molar-refractivity contribution is 0.312. The van der Waals surface area contributed by atoms with E-state index in [1.54, 1.807) is 7.05 Å². The van der Waals surface area contributed by atoms with Crippen LogP contribution in [0.1, 0.15) is 20.3 Å². The number of hydrogen-bond donors (Lipinski definition) is 1. The second-order valence-electron chi connectivity index (χ2n) is 4.32. The molecule has 0 fully saturated rings. The van der Waals surface area contributed by atoms with Crippen LogP contribution in [0.3, 0.4) is 0 Å². The first-order chi connectivity index (χ1) is 10.3. The molecule has 0 saturated heterocycles. The van der Waals surface area contributed by atoms with Crippen LogP contribution in [0.5, 0.6) is 11.8 Å². The minimum Gasteiger partial charge on any atom is -0.494 e. The van der Waals surface area contributed by atoms with Crippen LogP contribution in [0.2, 0.25) is 0 Å². The van der Waals surface area contributed by atoms with Crippen molar-refractivity contribution in [1.82, 2.24) is 15.0 Å². The molecule has 0 amide bonds. The zero-order valence-corrected chi connectivity index (χ0v) is 12.6. The fourth-order valence-corrected chi connectivity index (χ4v) is 1.71. The Balaban J connectivity index is 2.25. The fraction of sp³-hybridized carbons (Fsp3) is 0.400. The Morgan fingerprint density at radius 1 is 1.00 bits per heavy atom. The van der Waals surface area contributed by atoms with Crippen LogP contribution in [0, 0.1) is 0 Å². The van der Waals surface area contributed by atoms with Crippen LogP contribution < -0.4 is 14.8 Å². The van der Waals surface area contributed by atoms with E-state index in [1.807, 2.05) is 31.2 Å². The van der Waals surface area contributed by atoms with Crippen molar-refractivity contribution >= 4 is 5.95 Å². The first kappa shape index (κ1) is 15.0. The van der Waals surface area contributed by atoms with Crippen LogP contribution in [0.15, 0.2) is 24.3 Å².